The third kappa shape index (κ3) is 4.90. The summed E-state index contributed by atoms with van der Waals surface area (Å²) in [6.07, 6.45) is -0.920. The average molecular weight is 471 g/mol. The number of nitrogens with zero attached hydrogens (tertiary/aromatic N) is 2. The maximum absolute atomic E-state index is 12.9. The summed E-state index contributed by atoms with van der Waals surface area (Å²) < 4.78 is 23.7. The molecule has 1 unspecified atom stereocenters. The van der Waals surface area contributed by atoms with E-state index in [1.807, 2.05) is 6.07 Å². The highest BCUT2D eigenvalue weighted by Gasteiger charge is 2.27. The summed E-state index contributed by atoms with van der Waals surface area (Å²) in [5, 5.41) is 0. The minimum atomic E-state index is -0.920. The monoisotopic (exact) mass is 470 g/mol. The summed E-state index contributed by atoms with van der Waals surface area (Å²) in [5.74, 6) is -0.434. The molecule has 1 aromatic heterocycles. The lowest BCUT2D eigenvalue weighted by Crippen LogP contribution is -2.37. The molecule has 1 aliphatic rings. The molecular weight excluding hydrogens is 448 g/mol. The Morgan fingerprint density at radius 1 is 1.09 bits per heavy atom. The Morgan fingerprint density at radius 2 is 1.85 bits per heavy atom. The molecule has 1 aliphatic heterocycles. The summed E-state index contributed by atoms with van der Waals surface area (Å²) in [6, 6.07) is 12.0. The van der Waals surface area contributed by atoms with Crippen LogP contribution in [0, 0.1) is 0 Å². The fourth-order valence-corrected chi connectivity index (χ4v) is 4.37. The van der Waals surface area contributed by atoms with Crippen molar-refractivity contribution in [2.24, 2.45) is 4.99 Å². The zero-order chi connectivity index (χ0) is 23.4. The number of hydrogen-bond donors (Lipinski definition) is 0. The van der Waals surface area contributed by atoms with Crippen molar-refractivity contribution in [2.75, 3.05) is 19.8 Å². The Hall–Kier alpha value is -3.66. The second-order valence-corrected chi connectivity index (χ2v) is 8.00. The molecule has 3 aromatic rings. The number of fused-ring (bicyclic) bond motifs is 2. The molecule has 9 nitrogen and oxygen atoms in total. The lowest BCUT2D eigenvalue weighted by molar-refractivity contribution is -0.143. The number of carbonyl (C=O) groups is 3. The number of rotatable bonds is 6. The number of esters is 2. The van der Waals surface area contributed by atoms with Gasteiger partial charge in [0.2, 0.25) is 6.10 Å². The fourth-order valence-electron chi connectivity index (χ4n) is 3.30. The van der Waals surface area contributed by atoms with Crippen LogP contribution in [0.1, 0.15) is 24.2 Å². The minimum Gasteiger partial charge on any atom is -0.485 e. The molecule has 1 amide bonds. The first kappa shape index (κ1) is 22.5. The summed E-state index contributed by atoms with van der Waals surface area (Å²) in [7, 11) is 0. The highest BCUT2D eigenvalue weighted by molar-refractivity contribution is 7.16. The van der Waals surface area contributed by atoms with Gasteiger partial charge in [0, 0.05) is 0 Å². The molecule has 4 rings (SSSR count). The van der Waals surface area contributed by atoms with Crippen molar-refractivity contribution in [3.05, 3.63) is 52.8 Å². The molecule has 0 saturated carbocycles. The van der Waals surface area contributed by atoms with Crippen LogP contribution in [0.4, 0.5) is 0 Å². The predicted molar refractivity (Wildman–Crippen MR) is 119 cm³/mol. The third-order valence-electron chi connectivity index (χ3n) is 4.78. The number of aromatic nitrogens is 1. The number of thiazole rings is 1. The van der Waals surface area contributed by atoms with E-state index in [0.29, 0.717) is 27.3 Å². The molecule has 0 aliphatic carbocycles. The number of amides is 1. The van der Waals surface area contributed by atoms with Crippen molar-refractivity contribution in [2.45, 2.75) is 26.5 Å². The Balaban J connectivity index is 1.71. The van der Waals surface area contributed by atoms with Gasteiger partial charge in [0.15, 0.2) is 16.3 Å². The number of para-hydroxylation sites is 2. The van der Waals surface area contributed by atoms with Gasteiger partial charge in [-0.25, -0.2) is 4.79 Å². The van der Waals surface area contributed by atoms with Crippen LogP contribution >= 0.6 is 11.3 Å². The molecule has 33 heavy (non-hydrogen) atoms. The Kier molecular flexibility index (Phi) is 6.74. The van der Waals surface area contributed by atoms with Gasteiger partial charge in [0.25, 0.3) is 5.91 Å². The molecule has 0 saturated heterocycles. The van der Waals surface area contributed by atoms with Gasteiger partial charge in [0.1, 0.15) is 13.2 Å². The van der Waals surface area contributed by atoms with E-state index in [1.165, 1.54) is 11.3 Å². The van der Waals surface area contributed by atoms with Crippen LogP contribution < -0.4 is 14.3 Å². The lowest BCUT2D eigenvalue weighted by atomic mass is 10.2. The van der Waals surface area contributed by atoms with E-state index in [9.17, 15) is 14.4 Å². The van der Waals surface area contributed by atoms with Gasteiger partial charge in [-0.15, -0.1) is 0 Å². The molecule has 0 fully saturated rings. The zero-order valence-electron chi connectivity index (χ0n) is 18.1. The van der Waals surface area contributed by atoms with Crippen LogP contribution in [-0.4, -0.2) is 48.3 Å². The summed E-state index contributed by atoms with van der Waals surface area (Å²) in [6.45, 7) is 3.82. The third-order valence-corrected chi connectivity index (χ3v) is 5.82. The first-order valence-corrected chi connectivity index (χ1v) is 11.2. The molecule has 0 spiro atoms. The predicted octanol–water partition coefficient (Wildman–Crippen LogP) is 2.71. The van der Waals surface area contributed by atoms with Crippen molar-refractivity contribution in [1.82, 2.24) is 4.57 Å². The number of ether oxygens (including phenoxy) is 4. The summed E-state index contributed by atoms with van der Waals surface area (Å²) in [4.78, 5) is 41.8. The van der Waals surface area contributed by atoms with Crippen molar-refractivity contribution in [1.29, 1.82) is 0 Å². The highest BCUT2D eigenvalue weighted by Crippen LogP contribution is 2.31. The average Bonchev–Trinajstić information content (AvgIpc) is 3.14. The lowest BCUT2D eigenvalue weighted by Gasteiger charge is -2.23. The SMILES string of the molecule is CCOC(=O)Cn1c(=NC(=O)C2COc3ccccc3O2)sc2cc(C(=O)OCC)ccc21. The van der Waals surface area contributed by atoms with Gasteiger partial charge >= 0.3 is 11.9 Å². The maximum Gasteiger partial charge on any atom is 0.338 e. The van der Waals surface area contributed by atoms with E-state index in [4.69, 9.17) is 18.9 Å². The van der Waals surface area contributed by atoms with E-state index in [2.05, 4.69) is 4.99 Å². The Bertz CT molecular complexity index is 1280. The second-order valence-electron chi connectivity index (χ2n) is 6.99. The second kappa shape index (κ2) is 9.86. The van der Waals surface area contributed by atoms with Crippen molar-refractivity contribution in [3.8, 4) is 11.5 Å². The molecule has 0 bridgehead atoms. The quantitative estimate of drug-likeness (QED) is 0.510. The maximum atomic E-state index is 12.9. The molecule has 10 heteroatoms. The van der Waals surface area contributed by atoms with E-state index >= 15 is 0 Å². The zero-order valence-corrected chi connectivity index (χ0v) is 18.9. The van der Waals surface area contributed by atoms with Gasteiger partial charge in [-0.2, -0.15) is 4.99 Å². The van der Waals surface area contributed by atoms with Gasteiger partial charge in [-0.3, -0.25) is 9.59 Å². The first-order chi connectivity index (χ1) is 16.0. The van der Waals surface area contributed by atoms with Crippen LogP contribution in [0.2, 0.25) is 0 Å². The van der Waals surface area contributed by atoms with Crippen molar-refractivity contribution >= 4 is 39.4 Å². The highest BCUT2D eigenvalue weighted by atomic mass is 32.1. The minimum absolute atomic E-state index is 0.0229. The Morgan fingerprint density at radius 3 is 2.61 bits per heavy atom. The number of hydrogen-bond acceptors (Lipinski definition) is 8. The molecule has 2 heterocycles. The van der Waals surface area contributed by atoms with Crippen LogP contribution in [0.25, 0.3) is 10.2 Å². The van der Waals surface area contributed by atoms with Gasteiger partial charge in [-0.1, -0.05) is 23.5 Å². The molecule has 2 aromatic carbocycles. The summed E-state index contributed by atoms with van der Waals surface area (Å²) in [5.41, 5.74) is 1.01. The van der Waals surface area contributed by atoms with Crippen LogP contribution in [0.3, 0.4) is 0 Å². The van der Waals surface area contributed by atoms with Gasteiger partial charge < -0.3 is 23.5 Å². The van der Waals surface area contributed by atoms with E-state index in [1.54, 1.807) is 54.8 Å². The van der Waals surface area contributed by atoms with E-state index in [0.717, 1.165) is 0 Å². The van der Waals surface area contributed by atoms with E-state index < -0.39 is 23.9 Å². The first-order valence-electron chi connectivity index (χ1n) is 10.4. The van der Waals surface area contributed by atoms with Crippen molar-refractivity contribution in [3.63, 3.8) is 0 Å². The molecule has 172 valence electrons. The number of benzene rings is 2. The number of carbonyl (C=O) groups excluding carboxylic acids is 3. The largest absolute Gasteiger partial charge is 0.485 e. The van der Waals surface area contributed by atoms with Gasteiger partial charge in [-0.05, 0) is 44.2 Å². The Labute approximate surface area is 193 Å². The molecule has 1 atom stereocenters. The molecule has 0 N–H and O–H groups in total. The standard InChI is InChI=1S/C23H22N2O7S/c1-3-29-20(26)12-25-15-10-9-14(22(28)30-4-2)11-19(15)33-23(25)24-21(27)18-13-31-16-7-5-6-8-17(16)32-18/h5-11,18H,3-4,12-13H2,1-2H3. The van der Waals surface area contributed by atoms with Crippen molar-refractivity contribution < 1.29 is 33.3 Å². The van der Waals surface area contributed by atoms with Gasteiger partial charge in [0.05, 0.1) is 29.0 Å². The topological polar surface area (TPSA) is 105 Å². The molecule has 0 radical (unpaired) electrons. The van der Waals surface area contributed by atoms with Crippen LogP contribution in [0.5, 0.6) is 11.5 Å². The normalized spacial score (nSPS) is 15.3. The summed E-state index contributed by atoms with van der Waals surface area (Å²) >= 11 is 1.18. The van der Waals surface area contributed by atoms with Crippen LogP contribution in [-0.2, 0) is 25.6 Å². The smallest absolute Gasteiger partial charge is 0.338 e. The van der Waals surface area contributed by atoms with E-state index in [-0.39, 0.29) is 31.2 Å². The fraction of sp³-hybridized carbons (Fsp3) is 0.304. The van der Waals surface area contributed by atoms with Crippen LogP contribution in [0.15, 0.2) is 47.5 Å². The molecular formula is C23H22N2O7S.